The number of rotatable bonds is 2. The fourth-order valence-electron chi connectivity index (χ4n) is 3.83. The molecule has 2 aliphatic heterocycles. The Bertz CT molecular complexity index is 632. The van der Waals surface area contributed by atoms with E-state index in [1.165, 1.54) is 25.3 Å². The van der Waals surface area contributed by atoms with Gasteiger partial charge in [0.05, 0.1) is 11.6 Å². The van der Waals surface area contributed by atoms with E-state index in [9.17, 15) is 4.39 Å². The van der Waals surface area contributed by atoms with E-state index in [1.54, 1.807) is 6.07 Å². The van der Waals surface area contributed by atoms with Crippen LogP contribution in [0.3, 0.4) is 0 Å². The number of benzene rings is 1. The molecule has 2 saturated heterocycles. The van der Waals surface area contributed by atoms with Crippen LogP contribution in [0.1, 0.15) is 37.5 Å². The molecule has 0 amide bonds. The summed E-state index contributed by atoms with van der Waals surface area (Å²) in [5.74, 6) is 0.701. The molecule has 0 aliphatic carbocycles. The maximum absolute atomic E-state index is 13.8. The molecule has 2 aromatic rings. The van der Waals surface area contributed by atoms with Crippen LogP contribution < -0.4 is 5.32 Å². The van der Waals surface area contributed by atoms with Gasteiger partial charge in [0.15, 0.2) is 5.82 Å². The summed E-state index contributed by atoms with van der Waals surface area (Å²) in [5, 5.41) is 3.42. The van der Waals surface area contributed by atoms with E-state index in [2.05, 4.69) is 20.2 Å². The second-order valence-corrected chi connectivity index (χ2v) is 6.14. The van der Waals surface area contributed by atoms with Gasteiger partial charge >= 0.3 is 0 Å². The minimum atomic E-state index is -0.235. The number of hydrogen-bond acceptors (Lipinski definition) is 3. The second kappa shape index (κ2) is 5.39. The van der Waals surface area contributed by atoms with Gasteiger partial charge in [-0.1, -0.05) is 6.07 Å². The largest absolute Gasteiger partial charge is 0.341 e. The van der Waals surface area contributed by atoms with Crippen molar-refractivity contribution in [1.29, 1.82) is 0 Å². The van der Waals surface area contributed by atoms with Crippen LogP contribution in [0.4, 0.5) is 4.39 Å². The van der Waals surface area contributed by atoms with Crippen LogP contribution in [0.15, 0.2) is 18.2 Å². The molecule has 4 rings (SSSR count). The van der Waals surface area contributed by atoms with E-state index in [1.807, 2.05) is 6.07 Å². The van der Waals surface area contributed by atoms with Crippen molar-refractivity contribution in [2.75, 3.05) is 19.6 Å². The highest BCUT2D eigenvalue weighted by molar-refractivity contribution is 5.75. The summed E-state index contributed by atoms with van der Waals surface area (Å²) >= 11 is 0. The predicted octanol–water partition coefficient (Wildman–Crippen LogP) is 2.59. The van der Waals surface area contributed by atoms with Crippen molar-refractivity contribution in [2.45, 2.75) is 37.8 Å². The summed E-state index contributed by atoms with van der Waals surface area (Å²) < 4.78 is 13.8. The zero-order chi connectivity index (χ0) is 14.2. The van der Waals surface area contributed by atoms with Crippen LogP contribution in [0.5, 0.6) is 0 Å². The standard InChI is InChI=1S/C16H21FN4/c17-12-3-1-4-13-15(12)20-16(19-13)14-5-2-10-21(14)11-6-8-18-9-7-11/h1,3-4,11,14,18H,2,5-10H2,(H,19,20). The number of nitrogens with zero attached hydrogens (tertiary/aromatic N) is 2. The number of para-hydroxylation sites is 1. The first kappa shape index (κ1) is 13.2. The second-order valence-electron chi connectivity index (χ2n) is 6.14. The third-order valence-electron chi connectivity index (χ3n) is 4.87. The molecule has 3 heterocycles. The average molecular weight is 288 g/mol. The lowest BCUT2D eigenvalue weighted by Crippen LogP contribution is -2.42. The van der Waals surface area contributed by atoms with Crippen LogP contribution in [0.25, 0.3) is 11.0 Å². The van der Waals surface area contributed by atoms with Crippen LogP contribution >= 0.6 is 0 Å². The highest BCUT2D eigenvalue weighted by Crippen LogP contribution is 2.35. The molecule has 2 fully saturated rings. The molecule has 0 radical (unpaired) electrons. The van der Waals surface area contributed by atoms with Gasteiger partial charge in [0.2, 0.25) is 0 Å². The van der Waals surface area contributed by atoms with Gasteiger partial charge in [0.25, 0.3) is 0 Å². The van der Waals surface area contributed by atoms with E-state index in [0.717, 1.165) is 37.4 Å². The van der Waals surface area contributed by atoms with Crippen LogP contribution in [0, 0.1) is 5.82 Å². The minimum Gasteiger partial charge on any atom is -0.341 e. The third-order valence-corrected chi connectivity index (χ3v) is 4.87. The van der Waals surface area contributed by atoms with Gasteiger partial charge in [-0.25, -0.2) is 9.37 Å². The predicted molar refractivity (Wildman–Crippen MR) is 80.6 cm³/mol. The average Bonchev–Trinajstić information content (AvgIpc) is 3.15. The quantitative estimate of drug-likeness (QED) is 0.892. The molecule has 2 aliphatic rings. The van der Waals surface area contributed by atoms with E-state index >= 15 is 0 Å². The summed E-state index contributed by atoms with van der Waals surface area (Å²) in [6.45, 7) is 3.33. The Hall–Kier alpha value is -1.46. The Morgan fingerprint density at radius 1 is 1.19 bits per heavy atom. The minimum absolute atomic E-state index is 0.235. The zero-order valence-corrected chi connectivity index (χ0v) is 12.1. The van der Waals surface area contributed by atoms with Crippen molar-refractivity contribution < 1.29 is 4.39 Å². The molecule has 1 aromatic carbocycles. The summed E-state index contributed by atoms with van der Waals surface area (Å²) in [5.41, 5.74) is 1.28. The van der Waals surface area contributed by atoms with Gasteiger partial charge in [-0.3, -0.25) is 4.90 Å². The first-order valence-electron chi connectivity index (χ1n) is 7.93. The zero-order valence-electron chi connectivity index (χ0n) is 12.1. The molecule has 0 bridgehead atoms. The van der Waals surface area contributed by atoms with E-state index in [0.29, 0.717) is 17.6 Å². The summed E-state index contributed by atoms with van der Waals surface area (Å²) in [7, 11) is 0. The van der Waals surface area contributed by atoms with E-state index in [-0.39, 0.29) is 5.82 Å². The van der Waals surface area contributed by atoms with Crippen LogP contribution in [-0.2, 0) is 0 Å². The van der Waals surface area contributed by atoms with E-state index < -0.39 is 0 Å². The fraction of sp³-hybridized carbons (Fsp3) is 0.562. The maximum atomic E-state index is 13.8. The highest BCUT2D eigenvalue weighted by atomic mass is 19.1. The van der Waals surface area contributed by atoms with Gasteiger partial charge in [-0.05, 0) is 57.5 Å². The van der Waals surface area contributed by atoms with Crippen molar-refractivity contribution in [3.63, 3.8) is 0 Å². The summed E-state index contributed by atoms with van der Waals surface area (Å²) in [6, 6.07) is 6.07. The molecule has 4 nitrogen and oxygen atoms in total. The van der Waals surface area contributed by atoms with Gasteiger partial charge in [0.1, 0.15) is 11.3 Å². The van der Waals surface area contributed by atoms with Gasteiger partial charge < -0.3 is 10.3 Å². The monoisotopic (exact) mass is 288 g/mol. The highest BCUT2D eigenvalue weighted by Gasteiger charge is 2.34. The Kier molecular flexibility index (Phi) is 3.39. The number of imidazole rings is 1. The summed E-state index contributed by atoms with van der Waals surface area (Å²) in [4.78, 5) is 10.5. The molecule has 5 heteroatoms. The molecule has 1 unspecified atom stereocenters. The number of aromatic amines is 1. The third kappa shape index (κ3) is 2.34. The van der Waals surface area contributed by atoms with Gasteiger partial charge in [-0.15, -0.1) is 0 Å². The Morgan fingerprint density at radius 2 is 2.05 bits per heavy atom. The van der Waals surface area contributed by atoms with Crippen molar-refractivity contribution >= 4 is 11.0 Å². The molecular weight excluding hydrogens is 267 g/mol. The number of hydrogen-bond donors (Lipinski definition) is 2. The molecule has 0 spiro atoms. The van der Waals surface area contributed by atoms with Crippen molar-refractivity contribution in [3.8, 4) is 0 Å². The fourth-order valence-corrected chi connectivity index (χ4v) is 3.83. The Labute approximate surface area is 123 Å². The topological polar surface area (TPSA) is 44.0 Å². The summed E-state index contributed by atoms with van der Waals surface area (Å²) in [6.07, 6.45) is 4.72. The van der Waals surface area contributed by atoms with Crippen molar-refractivity contribution in [2.24, 2.45) is 0 Å². The molecular formula is C16H21FN4. The SMILES string of the molecule is Fc1cccc2[nH]c(C3CCCN3C3CCNCC3)nc12. The van der Waals surface area contributed by atoms with Crippen LogP contribution in [0.2, 0.25) is 0 Å². The number of halogens is 1. The Morgan fingerprint density at radius 3 is 2.86 bits per heavy atom. The first-order chi connectivity index (χ1) is 10.3. The molecule has 21 heavy (non-hydrogen) atoms. The molecule has 2 N–H and O–H groups in total. The smallest absolute Gasteiger partial charge is 0.151 e. The number of aromatic nitrogens is 2. The molecule has 0 saturated carbocycles. The number of fused-ring (bicyclic) bond motifs is 1. The molecule has 1 aromatic heterocycles. The van der Waals surface area contributed by atoms with Crippen LogP contribution in [-0.4, -0.2) is 40.5 Å². The molecule has 1 atom stereocenters. The van der Waals surface area contributed by atoms with Crippen molar-refractivity contribution in [3.05, 3.63) is 29.8 Å². The van der Waals surface area contributed by atoms with Crippen molar-refractivity contribution in [1.82, 2.24) is 20.2 Å². The number of likely N-dealkylation sites (tertiary alicyclic amines) is 1. The maximum Gasteiger partial charge on any atom is 0.151 e. The number of H-pyrrole nitrogens is 1. The van der Waals surface area contributed by atoms with Gasteiger partial charge in [0, 0.05) is 6.04 Å². The molecule has 112 valence electrons. The number of nitrogens with one attached hydrogen (secondary N) is 2. The van der Waals surface area contributed by atoms with Gasteiger partial charge in [-0.2, -0.15) is 0 Å². The lowest BCUT2D eigenvalue weighted by atomic mass is 10.0. The lowest BCUT2D eigenvalue weighted by Gasteiger charge is -2.35. The lowest BCUT2D eigenvalue weighted by molar-refractivity contribution is 0.144. The first-order valence-corrected chi connectivity index (χ1v) is 7.93. The van der Waals surface area contributed by atoms with E-state index in [4.69, 9.17) is 0 Å². The Balaban J connectivity index is 1.64. The number of piperidine rings is 1. The normalized spacial score (nSPS) is 24.9.